The molecule has 0 bridgehead atoms. The number of carbonyl (C=O) groups excluding carboxylic acids is 2. The van der Waals surface area contributed by atoms with Gasteiger partial charge in [-0.15, -0.1) is 0 Å². The lowest BCUT2D eigenvalue weighted by molar-refractivity contribution is -0.137. The van der Waals surface area contributed by atoms with E-state index in [-0.39, 0.29) is 12.3 Å². The minimum Gasteiger partial charge on any atom is -0.484 e. The van der Waals surface area contributed by atoms with Crippen molar-refractivity contribution in [2.45, 2.75) is 6.92 Å². The molecular formula is C25H21N3O3. The van der Waals surface area contributed by atoms with Crippen LogP contribution in [0.2, 0.25) is 0 Å². The molecule has 154 valence electrons. The van der Waals surface area contributed by atoms with Gasteiger partial charge in [0.2, 0.25) is 0 Å². The normalized spacial score (nSPS) is 14.7. The molecule has 3 aromatic rings. The summed E-state index contributed by atoms with van der Waals surface area (Å²) in [5.74, 6) is 0.0000689. The number of benzene rings is 3. The highest BCUT2D eigenvalue weighted by Gasteiger charge is 2.30. The van der Waals surface area contributed by atoms with Gasteiger partial charge in [0.05, 0.1) is 0 Å². The highest BCUT2D eigenvalue weighted by atomic mass is 16.5. The van der Waals surface area contributed by atoms with Crippen molar-refractivity contribution in [1.29, 1.82) is 0 Å². The number of nitrogens with zero attached hydrogens (tertiary/aromatic N) is 2. The van der Waals surface area contributed by atoms with Gasteiger partial charge in [-0.1, -0.05) is 78.4 Å². The zero-order valence-corrected chi connectivity index (χ0v) is 17.0. The third kappa shape index (κ3) is 4.87. The Balaban J connectivity index is 1.64. The first-order chi connectivity index (χ1) is 15.1. The molecule has 31 heavy (non-hydrogen) atoms. The first-order valence-corrected chi connectivity index (χ1v) is 9.84. The number of ether oxygens (including phenoxy) is 1. The van der Waals surface area contributed by atoms with Crippen LogP contribution in [0.1, 0.15) is 16.7 Å². The predicted molar refractivity (Wildman–Crippen MR) is 119 cm³/mol. The fraction of sp³-hybridized carbons (Fsp3) is 0.0800. The smallest absolute Gasteiger partial charge is 0.288 e. The fourth-order valence-corrected chi connectivity index (χ4v) is 3.03. The van der Waals surface area contributed by atoms with E-state index in [0.717, 1.165) is 16.1 Å². The summed E-state index contributed by atoms with van der Waals surface area (Å²) in [4.78, 5) is 30.1. The maximum Gasteiger partial charge on any atom is 0.288 e. The van der Waals surface area contributed by atoms with E-state index in [4.69, 9.17) is 4.74 Å². The van der Waals surface area contributed by atoms with Crippen LogP contribution < -0.4 is 10.2 Å². The van der Waals surface area contributed by atoms with Crippen LogP contribution in [0.5, 0.6) is 5.75 Å². The Kier molecular flexibility index (Phi) is 5.89. The molecule has 3 aromatic carbocycles. The van der Waals surface area contributed by atoms with Crippen molar-refractivity contribution < 1.29 is 14.3 Å². The molecule has 4 rings (SSSR count). The van der Waals surface area contributed by atoms with Crippen LogP contribution >= 0.6 is 0 Å². The maximum atomic E-state index is 12.9. The lowest BCUT2D eigenvalue weighted by atomic mass is 10.1. The Morgan fingerprint density at radius 1 is 0.968 bits per heavy atom. The Hall–Kier alpha value is -4.19. The van der Waals surface area contributed by atoms with Crippen molar-refractivity contribution in [3.8, 4) is 5.75 Å². The molecule has 6 nitrogen and oxygen atoms in total. The molecule has 0 fully saturated rings. The van der Waals surface area contributed by atoms with E-state index in [1.54, 1.807) is 18.2 Å². The molecule has 0 radical (unpaired) electrons. The molecule has 0 atom stereocenters. The number of hydrogen-bond acceptors (Lipinski definition) is 4. The molecule has 0 aromatic heterocycles. The van der Waals surface area contributed by atoms with Crippen LogP contribution in [0.15, 0.2) is 95.6 Å². The van der Waals surface area contributed by atoms with Crippen molar-refractivity contribution in [1.82, 2.24) is 10.4 Å². The molecule has 6 heteroatoms. The topological polar surface area (TPSA) is 71.0 Å². The van der Waals surface area contributed by atoms with E-state index in [0.29, 0.717) is 17.1 Å². The van der Waals surface area contributed by atoms with Gasteiger partial charge in [-0.3, -0.25) is 15.0 Å². The molecule has 0 aliphatic carbocycles. The van der Waals surface area contributed by atoms with E-state index in [9.17, 15) is 9.59 Å². The van der Waals surface area contributed by atoms with Crippen molar-refractivity contribution in [2.24, 2.45) is 4.99 Å². The quantitative estimate of drug-likeness (QED) is 0.651. The second kappa shape index (κ2) is 9.09. The molecule has 1 aliphatic rings. The fourth-order valence-electron chi connectivity index (χ4n) is 3.03. The predicted octanol–water partition coefficient (Wildman–Crippen LogP) is 3.74. The standard InChI is InChI=1S/C25H21N3O3/c1-18-12-14-19(15-13-18)16-22-25(30)27-28(24(26-22)20-8-4-2-5-9-20)23(29)17-31-21-10-6-3-7-11-21/h2-16H,17H2,1H3,(H,27,30)/b22-16+. The molecule has 2 amide bonds. The summed E-state index contributed by atoms with van der Waals surface area (Å²) in [6.45, 7) is 1.75. The monoisotopic (exact) mass is 411 g/mol. The zero-order valence-electron chi connectivity index (χ0n) is 17.0. The SMILES string of the molecule is Cc1ccc(/C=C2/N=C(c3ccccc3)N(C(=O)COc3ccccc3)NC2=O)cc1. The molecule has 0 spiro atoms. The third-order valence-corrected chi connectivity index (χ3v) is 4.65. The van der Waals surface area contributed by atoms with Crippen LogP contribution in [0.4, 0.5) is 0 Å². The van der Waals surface area contributed by atoms with Crippen LogP contribution in [0, 0.1) is 6.92 Å². The maximum absolute atomic E-state index is 12.9. The number of aliphatic imine (C=N–C) groups is 1. The summed E-state index contributed by atoms with van der Waals surface area (Å²) in [6.07, 6.45) is 1.69. The minimum atomic E-state index is -0.465. The first kappa shape index (κ1) is 20.1. The summed E-state index contributed by atoms with van der Waals surface area (Å²) >= 11 is 0. The summed E-state index contributed by atoms with van der Waals surface area (Å²) in [6, 6.07) is 26.0. The summed E-state index contributed by atoms with van der Waals surface area (Å²) in [7, 11) is 0. The van der Waals surface area contributed by atoms with Gasteiger partial charge in [0, 0.05) is 5.56 Å². The van der Waals surface area contributed by atoms with Crippen molar-refractivity contribution in [3.63, 3.8) is 0 Å². The molecule has 1 aliphatic heterocycles. The van der Waals surface area contributed by atoms with Crippen LogP contribution in [0.3, 0.4) is 0 Å². The zero-order chi connectivity index (χ0) is 21.6. The van der Waals surface area contributed by atoms with Gasteiger partial charge in [-0.25, -0.2) is 4.99 Å². The Morgan fingerprint density at radius 2 is 1.61 bits per heavy atom. The highest BCUT2D eigenvalue weighted by Crippen LogP contribution is 2.17. The number of carbonyl (C=O) groups is 2. The highest BCUT2D eigenvalue weighted by molar-refractivity contribution is 6.15. The van der Waals surface area contributed by atoms with Gasteiger partial charge < -0.3 is 4.74 Å². The van der Waals surface area contributed by atoms with Crippen LogP contribution in [0.25, 0.3) is 6.08 Å². The third-order valence-electron chi connectivity index (χ3n) is 4.65. The average molecular weight is 411 g/mol. The summed E-state index contributed by atoms with van der Waals surface area (Å²) in [5, 5.41) is 1.15. The van der Waals surface area contributed by atoms with Gasteiger partial charge >= 0.3 is 0 Å². The van der Waals surface area contributed by atoms with Crippen LogP contribution in [-0.2, 0) is 9.59 Å². The number of amidine groups is 1. The van der Waals surface area contributed by atoms with E-state index in [1.165, 1.54) is 0 Å². The first-order valence-electron chi connectivity index (χ1n) is 9.84. The number of nitrogens with one attached hydrogen (secondary N) is 1. The van der Waals surface area contributed by atoms with Gasteiger partial charge in [0.15, 0.2) is 12.4 Å². The second-order valence-corrected chi connectivity index (χ2v) is 7.01. The minimum absolute atomic E-state index is 0.218. The number of para-hydroxylation sites is 1. The molecule has 0 unspecified atom stereocenters. The Labute approximate surface area is 180 Å². The number of rotatable bonds is 5. The molecule has 0 saturated carbocycles. The molecule has 1 N–H and O–H groups in total. The number of amides is 2. The van der Waals surface area contributed by atoms with E-state index >= 15 is 0 Å². The Bertz CT molecular complexity index is 1140. The summed E-state index contributed by atoms with van der Waals surface area (Å²) in [5.41, 5.74) is 5.54. The number of hydrogen-bond donors (Lipinski definition) is 1. The lowest BCUT2D eigenvalue weighted by Gasteiger charge is -2.28. The lowest BCUT2D eigenvalue weighted by Crippen LogP contribution is -2.54. The molecule has 0 saturated heterocycles. The number of hydrazine groups is 1. The van der Waals surface area contributed by atoms with Gasteiger partial charge in [-0.05, 0) is 30.7 Å². The largest absolute Gasteiger partial charge is 0.484 e. The average Bonchev–Trinajstić information content (AvgIpc) is 2.81. The van der Waals surface area contributed by atoms with Gasteiger partial charge in [0.1, 0.15) is 11.4 Å². The van der Waals surface area contributed by atoms with E-state index < -0.39 is 11.8 Å². The van der Waals surface area contributed by atoms with Crippen LogP contribution in [-0.4, -0.2) is 29.3 Å². The second-order valence-electron chi connectivity index (χ2n) is 7.01. The molecule has 1 heterocycles. The molecular weight excluding hydrogens is 390 g/mol. The van der Waals surface area contributed by atoms with Crippen molar-refractivity contribution in [2.75, 3.05) is 6.61 Å². The van der Waals surface area contributed by atoms with Crippen molar-refractivity contribution in [3.05, 3.63) is 107 Å². The number of aryl methyl sites for hydroxylation is 1. The van der Waals surface area contributed by atoms with Crippen molar-refractivity contribution >= 4 is 23.7 Å². The van der Waals surface area contributed by atoms with E-state index in [2.05, 4.69) is 10.4 Å². The van der Waals surface area contributed by atoms with Gasteiger partial charge in [0.25, 0.3) is 11.8 Å². The summed E-state index contributed by atoms with van der Waals surface area (Å²) < 4.78 is 5.56. The Morgan fingerprint density at radius 3 is 2.29 bits per heavy atom. The van der Waals surface area contributed by atoms with E-state index in [1.807, 2.05) is 79.7 Å². The van der Waals surface area contributed by atoms with Gasteiger partial charge in [-0.2, -0.15) is 5.01 Å².